The van der Waals surface area contributed by atoms with Crippen molar-refractivity contribution in [3.05, 3.63) is 73.6 Å². The van der Waals surface area contributed by atoms with Crippen LogP contribution >= 0.6 is 22.9 Å². The van der Waals surface area contributed by atoms with Gasteiger partial charge in [-0.25, -0.2) is 18.8 Å². The molecule has 2 aromatic heterocycles. The van der Waals surface area contributed by atoms with Crippen molar-refractivity contribution in [1.29, 1.82) is 0 Å². The summed E-state index contributed by atoms with van der Waals surface area (Å²) in [5.41, 5.74) is -2.57. The number of carbonyl (C=O) groups is 4. The summed E-state index contributed by atoms with van der Waals surface area (Å²) in [6.45, 7) is 4.18. The first-order valence-electron chi connectivity index (χ1n) is 12.5. The van der Waals surface area contributed by atoms with Gasteiger partial charge >= 0.3 is 18.0 Å². The van der Waals surface area contributed by atoms with Gasteiger partial charge < -0.3 is 24.5 Å². The number of nitrogens with one attached hydrogen (secondary N) is 1. The second-order valence-electron chi connectivity index (χ2n) is 10.4. The van der Waals surface area contributed by atoms with Crippen molar-refractivity contribution < 1.29 is 47.6 Å². The van der Waals surface area contributed by atoms with Crippen molar-refractivity contribution in [3.63, 3.8) is 0 Å². The molecule has 14 heteroatoms. The number of benzene rings is 1. The molecule has 0 saturated heterocycles. The van der Waals surface area contributed by atoms with Crippen molar-refractivity contribution >= 4 is 52.4 Å². The van der Waals surface area contributed by atoms with E-state index in [-0.39, 0.29) is 18.5 Å². The number of pyridine rings is 1. The van der Waals surface area contributed by atoms with Gasteiger partial charge in [0, 0.05) is 33.5 Å². The molecule has 1 unspecified atom stereocenters. The number of methoxy groups -OCH3 is 1. The normalized spacial score (nSPS) is 16.0. The molecule has 0 bridgehead atoms. The Hall–Kier alpha value is -4.07. The van der Waals surface area contributed by atoms with E-state index >= 15 is 0 Å². The van der Waals surface area contributed by atoms with Crippen LogP contribution in [0.1, 0.15) is 58.5 Å². The van der Waals surface area contributed by atoms with Gasteiger partial charge in [-0.1, -0.05) is 11.6 Å². The van der Waals surface area contributed by atoms with Gasteiger partial charge in [0.15, 0.2) is 18.6 Å². The lowest BCUT2D eigenvalue weighted by Gasteiger charge is -2.21. The standard InChI is InChI=1S/C28H26ClFN2O9S/c1-27(2,3)41-26(36)31-19-6-5-16(29)10-17(19)15-9-14-7-8-28(37,23(14)32(38)11-15)25(35)40-12-20(33)18-13-42-22(21(18)30)24(34)39-4/h5-6,9-11,13,37H,7-8,12H2,1-4H3,(H,31,36). The van der Waals surface area contributed by atoms with Gasteiger partial charge in [0.2, 0.25) is 17.1 Å². The molecule has 1 amide bonds. The largest absolute Gasteiger partial charge is 0.618 e. The average Bonchev–Trinajstić information content (AvgIpc) is 3.47. The van der Waals surface area contributed by atoms with Crippen LogP contribution in [0.4, 0.5) is 14.9 Å². The third-order valence-electron chi connectivity index (χ3n) is 6.26. The first kappa shape index (κ1) is 30.9. The van der Waals surface area contributed by atoms with Crippen LogP contribution in [0.15, 0.2) is 35.8 Å². The number of carbonyl (C=O) groups excluding carboxylic acids is 4. The molecule has 0 saturated carbocycles. The quantitative estimate of drug-likeness (QED) is 0.127. The van der Waals surface area contributed by atoms with Gasteiger partial charge in [0.1, 0.15) is 10.5 Å². The second kappa shape index (κ2) is 11.7. The fraction of sp³-hybridized carbons (Fsp3) is 0.321. The van der Waals surface area contributed by atoms with E-state index in [0.29, 0.717) is 43.5 Å². The maximum Gasteiger partial charge on any atom is 0.412 e. The number of halogens is 2. The summed E-state index contributed by atoms with van der Waals surface area (Å²) in [6.07, 6.45) is 0.257. The Morgan fingerprint density at radius 1 is 1.24 bits per heavy atom. The molecule has 4 rings (SSSR count). The van der Waals surface area contributed by atoms with Crippen molar-refractivity contribution in [3.8, 4) is 11.1 Å². The highest BCUT2D eigenvalue weighted by molar-refractivity contribution is 7.12. The van der Waals surface area contributed by atoms with E-state index < -0.39 is 57.9 Å². The van der Waals surface area contributed by atoms with Crippen LogP contribution in [-0.2, 0) is 31.0 Å². The van der Waals surface area contributed by atoms with Gasteiger partial charge in [0.05, 0.1) is 18.4 Å². The van der Waals surface area contributed by atoms with E-state index in [9.17, 15) is 33.9 Å². The predicted molar refractivity (Wildman–Crippen MR) is 149 cm³/mol. The van der Waals surface area contributed by atoms with E-state index in [1.807, 2.05) is 0 Å². The predicted octanol–water partition coefficient (Wildman–Crippen LogP) is 4.53. The SMILES string of the molecule is COC(=O)c1scc(C(=O)COC(=O)C2(O)CCc3cc(-c4cc(Cl)ccc4NC(=O)OC(C)(C)C)c[n+]([O-])c32)c1F. The molecule has 0 spiro atoms. The van der Waals surface area contributed by atoms with E-state index in [0.717, 1.165) is 18.7 Å². The fourth-order valence-electron chi connectivity index (χ4n) is 4.41. The number of aromatic nitrogens is 1. The molecule has 0 aliphatic heterocycles. The van der Waals surface area contributed by atoms with Gasteiger partial charge in [-0.15, -0.1) is 11.3 Å². The zero-order valence-corrected chi connectivity index (χ0v) is 24.5. The van der Waals surface area contributed by atoms with Gasteiger partial charge in [-0.05, 0) is 51.5 Å². The van der Waals surface area contributed by atoms with Crippen LogP contribution in [0.5, 0.6) is 0 Å². The van der Waals surface area contributed by atoms with Crippen molar-refractivity contribution in [1.82, 2.24) is 0 Å². The molecular weight excluding hydrogens is 595 g/mol. The summed E-state index contributed by atoms with van der Waals surface area (Å²) in [6, 6.07) is 6.19. The van der Waals surface area contributed by atoms with E-state index in [2.05, 4.69) is 10.1 Å². The number of aliphatic hydroxyl groups is 1. The molecule has 222 valence electrons. The van der Waals surface area contributed by atoms with E-state index in [4.69, 9.17) is 21.1 Å². The monoisotopic (exact) mass is 620 g/mol. The molecule has 11 nitrogen and oxygen atoms in total. The number of rotatable bonds is 7. The summed E-state index contributed by atoms with van der Waals surface area (Å²) in [5.74, 6) is -4.30. The molecule has 1 atom stereocenters. The lowest BCUT2D eigenvalue weighted by atomic mass is 9.99. The van der Waals surface area contributed by atoms with Crippen LogP contribution in [0.2, 0.25) is 5.02 Å². The summed E-state index contributed by atoms with van der Waals surface area (Å²) < 4.78 is 29.5. The maximum atomic E-state index is 14.5. The average molecular weight is 621 g/mol. The summed E-state index contributed by atoms with van der Waals surface area (Å²) in [7, 11) is 1.06. The van der Waals surface area contributed by atoms with E-state index in [1.54, 1.807) is 39.0 Å². The van der Waals surface area contributed by atoms with Crippen LogP contribution in [0.3, 0.4) is 0 Å². The number of esters is 2. The molecular formula is C28H26ClFN2O9S. The number of amides is 1. The maximum absolute atomic E-state index is 14.5. The Morgan fingerprint density at radius 3 is 2.62 bits per heavy atom. The minimum Gasteiger partial charge on any atom is -0.618 e. The molecule has 0 radical (unpaired) electrons. The Labute approximate surface area is 248 Å². The molecule has 1 aliphatic rings. The molecule has 0 fully saturated rings. The number of hydrogen-bond donors (Lipinski definition) is 2. The van der Waals surface area contributed by atoms with Crippen molar-refractivity contribution in [2.45, 2.75) is 44.8 Å². The Balaban J connectivity index is 1.56. The number of nitrogens with zero attached hydrogens (tertiary/aromatic N) is 1. The smallest absolute Gasteiger partial charge is 0.412 e. The van der Waals surface area contributed by atoms with Crippen molar-refractivity contribution in [2.24, 2.45) is 0 Å². The fourth-order valence-corrected chi connectivity index (χ4v) is 5.45. The molecule has 1 aliphatic carbocycles. The van der Waals surface area contributed by atoms with Crippen LogP contribution in [0, 0.1) is 11.0 Å². The highest BCUT2D eigenvalue weighted by Gasteiger charge is 2.52. The third kappa shape index (κ3) is 6.22. The number of fused-ring (bicyclic) bond motifs is 1. The second-order valence-corrected chi connectivity index (χ2v) is 11.7. The number of aryl methyl sites for hydroxylation is 1. The van der Waals surface area contributed by atoms with Crippen LogP contribution < -0.4 is 10.0 Å². The first-order valence-corrected chi connectivity index (χ1v) is 13.7. The topological polar surface area (TPSA) is 155 Å². The first-order chi connectivity index (χ1) is 19.6. The highest BCUT2D eigenvalue weighted by atomic mass is 35.5. The molecule has 1 aromatic carbocycles. The van der Waals surface area contributed by atoms with Gasteiger partial charge in [0.25, 0.3) is 0 Å². The number of anilines is 1. The Bertz CT molecular complexity index is 1600. The zero-order valence-electron chi connectivity index (χ0n) is 22.9. The molecule has 2 heterocycles. The lowest BCUT2D eigenvalue weighted by molar-refractivity contribution is -0.620. The molecule has 3 aromatic rings. The van der Waals surface area contributed by atoms with Crippen LogP contribution in [-0.4, -0.2) is 48.2 Å². The Kier molecular flexibility index (Phi) is 8.58. The number of ketones is 1. The van der Waals surface area contributed by atoms with Gasteiger partial charge in [-0.3, -0.25) is 10.1 Å². The zero-order chi connectivity index (χ0) is 31.0. The number of thiophene rings is 1. The summed E-state index contributed by atoms with van der Waals surface area (Å²) in [5, 5.41) is 28.4. The number of ether oxygens (including phenoxy) is 3. The Morgan fingerprint density at radius 2 is 1.95 bits per heavy atom. The molecule has 42 heavy (non-hydrogen) atoms. The van der Waals surface area contributed by atoms with Gasteiger partial charge in [-0.2, -0.15) is 4.73 Å². The number of hydrogen-bond acceptors (Lipinski definition) is 10. The number of Topliss-reactive ketones (excluding diaryl/α,β-unsaturated/α-hetero) is 1. The summed E-state index contributed by atoms with van der Waals surface area (Å²) >= 11 is 6.84. The highest BCUT2D eigenvalue weighted by Crippen LogP contribution is 2.39. The minimum absolute atomic E-state index is 0.0992. The summed E-state index contributed by atoms with van der Waals surface area (Å²) in [4.78, 5) is 49.0. The molecule has 2 N–H and O–H groups in total. The lowest BCUT2D eigenvalue weighted by Crippen LogP contribution is -2.46. The van der Waals surface area contributed by atoms with Crippen LogP contribution in [0.25, 0.3) is 11.1 Å². The van der Waals surface area contributed by atoms with Crippen molar-refractivity contribution in [2.75, 3.05) is 19.0 Å². The minimum atomic E-state index is -2.38. The third-order valence-corrected chi connectivity index (χ3v) is 7.43. The van der Waals surface area contributed by atoms with E-state index in [1.165, 1.54) is 6.07 Å².